The molecule has 0 saturated carbocycles. The van der Waals surface area contributed by atoms with Gasteiger partial charge in [-0.3, -0.25) is 4.98 Å². The van der Waals surface area contributed by atoms with Crippen molar-refractivity contribution in [1.29, 1.82) is 0 Å². The Labute approximate surface area is 149 Å². The summed E-state index contributed by atoms with van der Waals surface area (Å²) in [6.45, 7) is 7.33. The standard InChI is InChI=1S/C19H27N5O/c1-14-11-22-19(23-14)18-17(20-6-7-21-18)16-3-2-8-24(13-16)12-15-4-9-25-10-5-15/h6-7,11,15-16H,2-5,8-10,12-13H2,1H3,(H,22,23)/t16-/m0/s1. The molecule has 0 unspecified atom stereocenters. The Morgan fingerprint density at radius 3 is 2.80 bits per heavy atom. The zero-order valence-corrected chi connectivity index (χ0v) is 14.9. The van der Waals surface area contributed by atoms with Crippen LogP contribution in [0.5, 0.6) is 0 Å². The molecule has 2 saturated heterocycles. The number of ether oxygens (including phenoxy) is 1. The van der Waals surface area contributed by atoms with Crippen molar-refractivity contribution >= 4 is 0 Å². The number of nitrogens with zero attached hydrogens (tertiary/aromatic N) is 4. The number of rotatable bonds is 4. The van der Waals surface area contributed by atoms with Gasteiger partial charge in [-0.15, -0.1) is 0 Å². The van der Waals surface area contributed by atoms with E-state index in [1.807, 2.05) is 19.3 Å². The van der Waals surface area contributed by atoms with Crippen LogP contribution in [0, 0.1) is 12.8 Å². The molecule has 0 bridgehead atoms. The largest absolute Gasteiger partial charge is 0.381 e. The summed E-state index contributed by atoms with van der Waals surface area (Å²) in [5.74, 6) is 2.05. The minimum Gasteiger partial charge on any atom is -0.381 e. The normalized spacial score (nSPS) is 23.0. The lowest BCUT2D eigenvalue weighted by Gasteiger charge is -2.36. The number of imidazole rings is 1. The quantitative estimate of drug-likeness (QED) is 0.926. The van der Waals surface area contributed by atoms with Crippen molar-refractivity contribution in [1.82, 2.24) is 24.8 Å². The highest BCUT2D eigenvalue weighted by molar-refractivity contribution is 5.53. The number of aryl methyl sites for hydroxylation is 1. The summed E-state index contributed by atoms with van der Waals surface area (Å²) in [6, 6.07) is 0. The molecule has 0 amide bonds. The second kappa shape index (κ2) is 7.62. The Hall–Kier alpha value is -1.79. The minimum atomic E-state index is 0.433. The van der Waals surface area contributed by atoms with E-state index in [1.165, 1.54) is 38.8 Å². The van der Waals surface area contributed by atoms with Crippen molar-refractivity contribution in [2.45, 2.75) is 38.5 Å². The maximum atomic E-state index is 5.50. The van der Waals surface area contributed by atoms with Gasteiger partial charge in [0.15, 0.2) is 5.82 Å². The van der Waals surface area contributed by atoms with E-state index in [2.05, 4.69) is 19.9 Å². The predicted octanol–water partition coefficient (Wildman–Crippen LogP) is 2.78. The number of H-pyrrole nitrogens is 1. The van der Waals surface area contributed by atoms with E-state index in [9.17, 15) is 0 Å². The molecule has 25 heavy (non-hydrogen) atoms. The van der Waals surface area contributed by atoms with Crippen molar-refractivity contribution < 1.29 is 4.74 Å². The average molecular weight is 341 g/mol. The molecular weight excluding hydrogens is 314 g/mol. The van der Waals surface area contributed by atoms with Gasteiger partial charge >= 0.3 is 0 Å². The fourth-order valence-corrected chi connectivity index (χ4v) is 4.10. The predicted molar refractivity (Wildman–Crippen MR) is 96.3 cm³/mol. The van der Waals surface area contributed by atoms with E-state index in [0.717, 1.165) is 48.6 Å². The molecular formula is C19H27N5O. The maximum Gasteiger partial charge on any atom is 0.158 e. The molecule has 0 aliphatic carbocycles. The van der Waals surface area contributed by atoms with Crippen LogP contribution < -0.4 is 0 Å². The smallest absolute Gasteiger partial charge is 0.158 e. The molecule has 2 aromatic rings. The lowest BCUT2D eigenvalue weighted by atomic mass is 9.91. The van der Waals surface area contributed by atoms with E-state index in [-0.39, 0.29) is 0 Å². The summed E-state index contributed by atoms with van der Waals surface area (Å²) in [5, 5.41) is 0. The molecule has 2 aliphatic rings. The Balaban J connectivity index is 1.49. The van der Waals surface area contributed by atoms with Gasteiger partial charge in [-0.05, 0) is 45.1 Å². The highest BCUT2D eigenvalue weighted by Crippen LogP contribution is 2.31. The van der Waals surface area contributed by atoms with Crippen molar-refractivity contribution in [3.63, 3.8) is 0 Å². The Morgan fingerprint density at radius 2 is 2.00 bits per heavy atom. The summed E-state index contributed by atoms with van der Waals surface area (Å²) >= 11 is 0. The molecule has 2 fully saturated rings. The summed E-state index contributed by atoms with van der Waals surface area (Å²) in [4.78, 5) is 19.7. The van der Waals surface area contributed by atoms with Crippen LogP contribution in [-0.2, 0) is 4.74 Å². The molecule has 2 aliphatic heterocycles. The van der Waals surface area contributed by atoms with Gasteiger partial charge in [0.25, 0.3) is 0 Å². The molecule has 6 nitrogen and oxygen atoms in total. The van der Waals surface area contributed by atoms with Crippen LogP contribution in [0.15, 0.2) is 18.6 Å². The number of aromatic nitrogens is 4. The van der Waals surface area contributed by atoms with Crippen LogP contribution in [0.1, 0.15) is 43.0 Å². The maximum absolute atomic E-state index is 5.50. The highest BCUT2D eigenvalue weighted by atomic mass is 16.5. The molecule has 1 N–H and O–H groups in total. The number of piperidine rings is 1. The number of nitrogens with one attached hydrogen (secondary N) is 1. The summed E-state index contributed by atoms with van der Waals surface area (Å²) in [7, 11) is 0. The monoisotopic (exact) mass is 341 g/mol. The Morgan fingerprint density at radius 1 is 1.16 bits per heavy atom. The van der Waals surface area contributed by atoms with Gasteiger partial charge in [0.05, 0.1) is 5.69 Å². The summed E-state index contributed by atoms with van der Waals surface area (Å²) in [5.41, 5.74) is 3.05. The van der Waals surface area contributed by atoms with Crippen molar-refractivity contribution in [3.8, 4) is 11.5 Å². The summed E-state index contributed by atoms with van der Waals surface area (Å²) < 4.78 is 5.50. The molecule has 0 aromatic carbocycles. The molecule has 6 heteroatoms. The zero-order chi connectivity index (χ0) is 17.1. The topological polar surface area (TPSA) is 66.9 Å². The van der Waals surface area contributed by atoms with Crippen LogP contribution in [-0.4, -0.2) is 57.7 Å². The Bertz CT molecular complexity index is 695. The molecule has 4 heterocycles. The second-order valence-electron chi connectivity index (χ2n) is 7.36. The van der Waals surface area contributed by atoms with E-state index < -0.39 is 0 Å². The van der Waals surface area contributed by atoms with E-state index >= 15 is 0 Å². The summed E-state index contributed by atoms with van der Waals surface area (Å²) in [6.07, 6.45) is 10.2. The van der Waals surface area contributed by atoms with E-state index in [1.54, 1.807) is 6.20 Å². The molecule has 1 atom stereocenters. The number of hydrogen-bond donors (Lipinski definition) is 1. The lowest BCUT2D eigenvalue weighted by Crippen LogP contribution is -2.39. The van der Waals surface area contributed by atoms with Gasteiger partial charge in [-0.1, -0.05) is 0 Å². The van der Waals surface area contributed by atoms with Gasteiger partial charge < -0.3 is 14.6 Å². The van der Waals surface area contributed by atoms with Crippen molar-refractivity contribution in [3.05, 3.63) is 30.0 Å². The van der Waals surface area contributed by atoms with Crippen LogP contribution in [0.2, 0.25) is 0 Å². The fraction of sp³-hybridized carbons (Fsp3) is 0.632. The third-order valence-electron chi connectivity index (χ3n) is 5.40. The van der Waals surface area contributed by atoms with Crippen LogP contribution in [0.3, 0.4) is 0 Å². The van der Waals surface area contributed by atoms with Gasteiger partial charge in [0.2, 0.25) is 0 Å². The molecule has 4 rings (SSSR count). The fourth-order valence-electron chi connectivity index (χ4n) is 4.10. The number of hydrogen-bond acceptors (Lipinski definition) is 5. The molecule has 0 spiro atoms. The van der Waals surface area contributed by atoms with Gasteiger partial charge in [0.1, 0.15) is 5.69 Å². The zero-order valence-electron chi connectivity index (χ0n) is 14.9. The molecule has 134 valence electrons. The first kappa shape index (κ1) is 16.7. The first-order chi connectivity index (χ1) is 12.3. The number of likely N-dealkylation sites (tertiary alicyclic amines) is 1. The van der Waals surface area contributed by atoms with Crippen molar-refractivity contribution in [2.24, 2.45) is 5.92 Å². The average Bonchev–Trinajstić information content (AvgIpc) is 3.09. The van der Waals surface area contributed by atoms with Crippen LogP contribution in [0.4, 0.5) is 0 Å². The number of aromatic amines is 1. The van der Waals surface area contributed by atoms with E-state index in [4.69, 9.17) is 9.72 Å². The second-order valence-corrected chi connectivity index (χ2v) is 7.36. The lowest BCUT2D eigenvalue weighted by molar-refractivity contribution is 0.0482. The van der Waals surface area contributed by atoms with Gasteiger partial charge in [-0.25, -0.2) is 9.97 Å². The van der Waals surface area contributed by atoms with Crippen molar-refractivity contribution in [2.75, 3.05) is 32.8 Å². The van der Waals surface area contributed by atoms with Crippen LogP contribution >= 0.6 is 0 Å². The van der Waals surface area contributed by atoms with Gasteiger partial charge in [-0.2, -0.15) is 0 Å². The van der Waals surface area contributed by atoms with Gasteiger partial charge in [0, 0.05) is 56.5 Å². The highest BCUT2D eigenvalue weighted by Gasteiger charge is 2.27. The third-order valence-corrected chi connectivity index (χ3v) is 5.40. The minimum absolute atomic E-state index is 0.433. The first-order valence-electron chi connectivity index (χ1n) is 9.42. The van der Waals surface area contributed by atoms with Crippen LogP contribution in [0.25, 0.3) is 11.5 Å². The third kappa shape index (κ3) is 3.90. The molecule has 2 aromatic heterocycles. The first-order valence-corrected chi connectivity index (χ1v) is 9.42. The van der Waals surface area contributed by atoms with E-state index in [0.29, 0.717) is 5.92 Å². The SMILES string of the molecule is Cc1cnc(-c2nccnc2[C@H]2CCCN(CC3CCOCC3)C2)[nH]1. The Kier molecular flexibility index (Phi) is 5.08. The molecule has 0 radical (unpaired) electrons.